The van der Waals surface area contributed by atoms with E-state index in [4.69, 9.17) is 5.73 Å². The molecule has 0 fully saturated rings. The summed E-state index contributed by atoms with van der Waals surface area (Å²) in [4.78, 5) is 0. The standard InChI is InChI=1S/C11H15I2N/c1-11(2,3)10(14)8-6-7(12)4-5-9(8)13/h4-6,10H,14H2,1-3H3/t10-/m0/s1. The van der Waals surface area contributed by atoms with Crippen LogP contribution in [0.3, 0.4) is 0 Å². The van der Waals surface area contributed by atoms with E-state index in [0.29, 0.717) is 0 Å². The number of hydrogen-bond donors (Lipinski definition) is 1. The van der Waals surface area contributed by atoms with Crippen LogP contribution >= 0.6 is 45.2 Å². The topological polar surface area (TPSA) is 26.0 Å². The fourth-order valence-corrected chi connectivity index (χ4v) is 2.41. The minimum atomic E-state index is 0.101. The maximum absolute atomic E-state index is 6.23. The van der Waals surface area contributed by atoms with Crippen molar-refractivity contribution in [1.29, 1.82) is 0 Å². The Balaban J connectivity index is 3.12. The summed E-state index contributed by atoms with van der Waals surface area (Å²) in [6, 6.07) is 6.52. The van der Waals surface area contributed by atoms with Crippen LogP contribution in [0.25, 0.3) is 0 Å². The predicted molar refractivity (Wildman–Crippen MR) is 78.3 cm³/mol. The molecule has 1 aromatic carbocycles. The molecule has 1 rings (SSSR count). The van der Waals surface area contributed by atoms with E-state index < -0.39 is 0 Å². The molecule has 78 valence electrons. The van der Waals surface area contributed by atoms with E-state index in [2.05, 4.69) is 84.2 Å². The molecule has 0 saturated carbocycles. The number of benzene rings is 1. The highest BCUT2D eigenvalue weighted by molar-refractivity contribution is 14.1. The summed E-state index contributed by atoms with van der Waals surface area (Å²) in [6.45, 7) is 6.52. The van der Waals surface area contributed by atoms with Gasteiger partial charge < -0.3 is 5.73 Å². The molecule has 2 N–H and O–H groups in total. The molecule has 0 aliphatic carbocycles. The van der Waals surface area contributed by atoms with Crippen molar-refractivity contribution in [2.45, 2.75) is 26.8 Å². The van der Waals surface area contributed by atoms with Gasteiger partial charge in [0.25, 0.3) is 0 Å². The summed E-state index contributed by atoms with van der Waals surface area (Å²) in [5.74, 6) is 0. The van der Waals surface area contributed by atoms with Crippen molar-refractivity contribution >= 4 is 45.2 Å². The molecule has 0 heterocycles. The summed E-state index contributed by atoms with van der Waals surface area (Å²) < 4.78 is 2.50. The fourth-order valence-electron chi connectivity index (χ4n) is 1.22. The van der Waals surface area contributed by atoms with Crippen molar-refractivity contribution in [3.05, 3.63) is 30.9 Å². The first kappa shape index (κ1) is 12.7. The molecule has 3 heteroatoms. The van der Waals surface area contributed by atoms with Gasteiger partial charge in [-0.25, -0.2) is 0 Å². The van der Waals surface area contributed by atoms with Gasteiger partial charge in [0, 0.05) is 13.2 Å². The third-order valence-corrected chi connectivity index (χ3v) is 3.88. The third-order valence-electron chi connectivity index (χ3n) is 2.23. The summed E-state index contributed by atoms with van der Waals surface area (Å²) >= 11 is 4.67. The van der Waals surface area contributed by atoms with Crippen LogP contribution in [0.15, 0.2) is 18.2 Å². The van der Waals surface area contributed by atoms with Crippen LogP contribution in [0, 0.1) is 12.6 Å². The van der Waals surface area contributed by atoms with Crippen LogP contribution in [0.2, 0.25) is 0 Å². The van der Waals surface area contributed by atoms with E-state index in [1.165, 1.54) is 12.7 Å². The molecule has 0 aromatic heterocycles. The molecule has 1 nitrogen and oxygen atoms in total. The largest absolute Gasteiger partial charge is 0.323 e. The zero-order valence-corrected chi connectivity index (χ0v) is 13.0. The molecule has 1 aromatic rings. The van der Waals surface area contributed by atoms with Crippen molar-refractivity contribution < 1.29 is 0 Å². The average molecular weight is 415 g/mol. The van der Waals surface area contributed by atoms with Crippen LogP contribution in [0.1, 0.15) is 32.4 Å². The predicted octanol–water partition coefficient (Wildman–Crippen LogP) is 3.94. The van der Waals surface area contributed by atoms with Gasteiger partial charge in [0.05, 0.1) is 0 Å². The highest BCUT2D eigenvalue weighted by atomic mass is 127. The fraction of sp³-hybridized carbons (Fsp3) is 0.455. The first-order valence-corrected chi connectivity index (χ1v) is 6.68. The lowest BCUT2D eigenvalue weighted by molar-refractivity contribution is 0.326. The molecule has 0 saturated heterocycles. The van der Waals surface area contributed by atoms with Crippen molar-refractivity contribution in [3.8, 4) is 0 Å². The van der Waals surface area contributed by atoms with E-state index >= 15 is 0 Å². The number of hydrogen-bond acceptors (Lipinski definition) is 1. The molecule has 0 aliphatic heterocycles. The zero-order chi connectivity index (χ0) is 10.9. The summed E-state index contributed by atoms with van der Waals surface area (Å²) in [6.07, 6.45) is 0. The lowest BCUT2D eigenvalue weighted by Gasteiger charge is -2.28. The summed E-state index contributed by atoms with van der Waals surface area (Å²) in [7, 11) is 0. The zero-order valence-electron chi connectivity index (χ0n) is 8.64. The second-order valence-electron chi connectivity index (χ2n) is 4.51. The van der Waals surface area contributed by atoms with Crippen LogP contribution in [0.4, 0.5) is 0 Å². The Labute approximate surface area is 113 Å². The van der Waals surface area contributed by atoms with Gasteiger partial charge in [-0.05, 0) is 74.4 Å². The normalized spacial score (nSPS) is 14.1. The van der Waals surface area contributed by atoms with Gasteiger partial charge in [-0.3, -0.25) is 0 Å². The number of rotatable bonds is 1. The highest BCUT2D eigenvalue weighted by Crippen LogP contribution is 2.33. The van der Waals surface area contributed by atoms with Crippen molar-refractivity contribution in [2.24, 2.45) is 11.1 Å². The molecule has 0 unspecified atom stereocenters. The Hall–Kier alpha value is 0.640. The van der Waals surface area contributed by atoms with Crippen molar-refractivity contribution in [2.75, 3.05) is 0 Å². The average Bonchev–Trinajstić information content (AvgIpc) is 2.06. The molecule has 0 spiro atoms. The molecule has 14 heavy (non-hydrogen) atoms. The van der Waals surface area contributed by atoms with Gasteiger partial charge in [-0.1, -0.05) is 20.8 Å². The summed E-state index contributed by atoms with van der Waals surface area (Å²) in [5, 5.41) is 0. The van der Waals surface area contributed by atoms with E-state index in [0.717, 1.165) is 0 Å². The van der Waals surface area contributed by atoms with Gasteiger partial charge in [-0.2, -0.15) is 0 Å². The Kier molecular flexibility index (Phi) is 4.22. The Morgan fingerprint density at radius 3 is 2.29 bits per heavy atom. The second kappa shape index (κ2) is 4.65. The number of halogens is 2. The SMILES string of the molecule is CC(C)(C)[C@@H](N)c1cc(I)ccc1I. The molecular weight excluding hydrogens is 400 g/mol. The van der Waals surface area contributed by atoms with E-state index in [9.17, 15) is 0 Å². The minimum Gasteiger partial charge on any atom is -0.323 e. The number of nitrogens with two attached hydrogens (primary N) is 1. The van der Waals surface area contributed by atoms with Crippen LogP contribution in [-0.2, 0) is 0 Å². The monoisotopic (exact) mass is 415 g/mol. The lowest BCUT2D eigenvalue weighted by atomic mass is 9.83. The van der Waals surface area contributed by atoms with Gasteiger partial charge >= 0.3 is 0 Å². The van der Waals surface area contributed by atoms with Gasteiger partial charge in [0.1, 0.15) is 0 Å². The van der Waals surface area contributed by atoms with E-state index in [1.54, 1.807) is 0 Å². The minimum absolute atomic E-state index is 0.101. The maximum Gasteiger partial charge on any atom is 0.0355 e. The lowest BCUT2D eigenvalue weighted by Crippen LogP contribution is -2.27. The first-order valence-electron chi connectivity index (χ1n) is 4.53. The quantitative estimate of drug-likeness (QED) is 0.692. The smallest absolute Gasteiger partial charge is 0.0355 e. The van der Waals surface area contributed by atoms with Crippen molar-refractivity contribution in [1.82, 2.24) is 0 Å². The van der Waals surface area contributed by atoms with Crippen LogP contribution < -0.4 is 5.73 Å². The van der Waals surface area contributed by atoms with E-state index in [-0.39, 0.29) is 11.5 Å². The highest BCUT2D eigenvalue weighted by Gasteiger charge is 2.23. The molecule has 1 atom stereocenters. The Morgan fingerprint density at radius 2 is 1.79 bits per heavy atom. The molecular formula is C11H15I2N. The van der Waals surface area contributed by atoms with Crippen LogP contribution in [0.5, 0.6) is 0 Å². The summed E-state index contributed by atoms with van der Waals surface area (Å²) in [5.41, 5.74) is 7.60. The third kappa shape index (κ3) is 3.06. The van der Waals surface area contributed by atoms with Gasteiger partial charge in [-0.15, -0.1) is 0 Å². The van der Waals surface area contributed by atoms with E-state index in [1.807, 2.05) is 0 Å². The molecule has 0 aliphatic rings. The molecule has 0 radical (unpaired) electrons. The maximum atomic E-state index is 6.23. The van der Waals surface area contributed by atoms with Crippen molar-refractivity contribution in [3.63, 3.8) is 0 Å². The molecule has 0 amide bonds. The van der Waals surface area contributed by atoms with Gasteiger partial charge in [0.15, 0.2) is 0 Å². The second-order valence-corrected chi connectivity index (χ2v) is 6.92. The molecule has 0 bridgehead atoms. The Bertz CT molecular complexity index is 329. The Morgan fingerprint density at radius 1 is 1.21 bits per heavy atom. The first-order chi connectivity index (χ1) is 6.32. The van der Waals surface area contributed by atoms with Crippen LogP contribution in [-0.4, -0.2) is 0 Å². The van der Waals surface area contributed by atoms with Gasteiger partial charge in [0.2, 0.25) is 0 Å².